The molecule has 2 aromatic carbocycles. The molecule has 1 aliphatic rings. The van der Waals surface area contributed by atoms with Gasteiger partial charge in [0.2, 0.25) is 11.8 Å². The van der Waals surface area contributed by atoms with Crippen LogP contribution in [0.5, 0.6) is 0 Å². The van der Waals surface area contributed by atoms with Crippen LogP contribution in [0.4, 0.5) is 16.2 Å². The van der Waals surface area contributed by atoms with Gasteiger partial charge in [0.1, 0.15) is 11.6 Å². The lowest BCUT2D eigenvalue weighted by molar-refractivity contribution is -0.121. The van der Waals surface area contributed by atoms with Crippen molar-refractivity contribution in [1.82, 2.24) is 10.2 Å². The Morgan fingerprint density at radius 1 is 0.957 bits per heavy atom. The summed E-state index contributed by atoms with van der Waals surface area (Å²) in [5.74, 6) is -1.53. The minimum Gasteiger partial charge on any atom is -0.478 e. The molecule has 252 valence electrons. The van der Waals surface area contributed by atoms with Crippen LogP contribution in [0.15, 0.2) is 48.5 Å². The van der Waals surface area contributed by atoms with Crippen molar-refractivity contribution in [3.05, 3.63) is 59.7 Å². The molecule has 0 spiro atoms. The Bertz CT molecular complexity index is 1370. The van der Waals surface area contributed by atoms with E-state index in [0.717, 1.165) is 30.8 Å². The number of ether oxygens (including phenoxy) is 1. The normalized spacial score (nSPS) is 15.3. The van der Waals surface area contributed by atoms with Crippen molar-refractivity contribution in [3.63, 3.8) is 0 Å². The van der Waals surface area contributed by atoms with Crippen LogP contribution in [0.25, 0.3) is 0 Å². The lowest BCUT2D eigenvalue weighted by Gasteiger charge is -2.37. The molecule has 0 aromatic heterocycles. The lowest BCUT2D eigenvalue weighted by Crippen LogP contribution is -2.51. The van der Waals surface area contributed by atoms with Crippen LogP contribution in [0.1, 0.15) is 63.9 Å². The molecular formula is C34H50N4O7Si. The first-order chi connectivity index (χ1) is 21.3. The zero-order chi connectivity index (χ0) is 34.3. The molecule has 0 radical (unpaired) electrons. The van der Waals surface area contributed by atoms with Crippen LogP contribution < -0.4 is 15.5 Å². The number of rotatable bonds is 12. The van der Waals surface area contributed by atoms with Crippen LogP contribution in [-0.4, -0.2) is 86.6 Å². The number of anilines is 2. The van der Waals surface area contributed by atoms with E-state index < -0.39 is 37.9 Å². The number of carboxylic acid groups (broad SMARTS) is 1. The number of piperazine rings is 1. The Morgan fingerprint density at radius 2 is 1.59 bits per heavy atom. The molecule has 1 fully saturated rings. The van der Waals surface area contributed by atoms with Gasteiger partial charge in [0.15, 0.2) is 8.32 Å². The van der Waals surface area contributed by atoms with Crippen LogP contribution in [0.2, 0.25) is 18.1 Å². The van der Waals surface area contributed by atoms with Gasteiger partial charge in [-0.3, -0.25) is 14.5 Å². The molecule has 1 heterocycles. The Hall–Kier alpha value is -3.74. The highest BCUT2D eigenvalue weighted by atomic mass is 28.4. The lowest BCUT2D eigenvalue weighted by atomic mass is 10.0. The minimum atomic E-state index is -1.78. The second-order valence-corrected chi connectivity index (χ2v) is 19.0. The van der Waals surface area contributed by atoms with Crippen LogP contribution in [0.3, 0.4) is 0 Å². The zero-order valence-electron chi connectivity index (χ0n) is 28.4. The summed E-state index contributed by atoms with van der Waals surface area (Å²) in [6.07, 6.45) is 0.311. The second kappa shape index (κ2) is 15.2. The van der Waals surface area contributed by atoms with Gasteiger partial charge in [0.25, 0.3) is 0 Å². The third kappa shape index (κ3) is 11.0. The Labute approximate surface area is 273 Å². The molecule has 11 nitrogen and oxygen atoms in total. The topological polar surface area (TPSA) is 138 Å². The highest BCUT2D eigenvalue weighted by Gasteiger charge is 2.37. The van der Waals surface area contributed by atoms with Gasteiger partial charge in [-0.1, -0.05) is 32.9 Å². The number of hydrogen-bond acceptors (Lipinski definition) is 7. The average molecular weight is 655 g/mol. The van der Waals surface area contributed by atoms with E-state index in [0.29, 0.717) is 25.4 Å². The van der Waals surface area contributed by atoms with E-state index in [2.05, 4.69) is 49.4 Å². The fraction of sp³-hybridized carbons (Fsp3) is 0.529. The molecular weight excluding hydrogens is 604 g/mol. The van der Waals surface area contributed by atoms with Crippen molar-refractivity contribution in [1.29, 1.82) is 0 Å². The van der Waals surface area contributed by atoms with Gasteiger partial charge in [-0.05, 0) is 87.3 Å². The molecule has 1 unspecified atom stereocenters. The van der Waals surface area contributed by atoms with E-state index in [9.17, 15) is 19.2 Å². The van der Waals surface area contributed by atoms with Crippen molar-refractivity contribution in [3.8, 4) is 0 Å². The molecule has 46 heavy (non-hydrogen) atoms. The molecule has 1 atom stereocenters. The van der Waals surface area contributed by atoms with Crippen molar-refractivity contribution in [2.24, 2.45) is 0 Å². The molecule has 2 aromatic rings. The Kier molecular flexibility index (Phi) is 12.2. The summed E-state index contributed by atoms with van der Waals surface area (Å²) in [7, 11) is -1.78. The summed E-state index contributed by atoms with van der Waals surface area (Å²) < 4.78 is 11.7. The first-order valence-corrected chi connectivity index (χ1v) is 18.6. The van der Waals surface area contributed by atoms with E-state index in [-0.39, 0.29) is 22.9 Å². The van der Waals surface area contributed by atoms with E-state index in [1.807, 2.05) is 24.3 Å². The number of carboxylic acids is 1. The summed E-state index contributed by atoms with van der Waals surface area (Å²) in [5.41, 5.74) is 1.27. The second-order valence-electron chi connectivity index (χ2n) is 14.2. The first kappa shape index (κ1) is 36.7. The number of nitrogens with one attached hydrogen (secondary N) is 2. The Morgan fingerprint density at radius 3 is 2.13 bits per heavy atom. The number of hydrogen-bond donors (Lipinski definition) is 3. The quantitative estimate of drug-likeness (QED) is 0.201. The summed E-state index contributed by atoms with van der Waals surface area (Å²) in [6, 6.07) is 12.1. The fourth-order valence-corrected chi connectivity index (χ4v) is 5.74. The number of nitrogens with zero attached hydrogens (tertiary/aromatic N) is 2. The van der Waals surface area contributed by atoms with E-state index in [4.69, 9.17) is 14.3 Å². The van der Waals surface area contributed by atoms with Crippen LogP contribution >= 0.6 is 0 Å². The molecule has 0 aliphatic carbocycles. The monoisotopic (exact) mass is 654 g/mol. The smallest absolute Gasteiger partial charge is 0.408 e. The molecule has 3 rings (SSSR count). The van der Waals surface area contributed by atoms with E-state index in [1.165, 1.54) is 24.3 Å². The van der Waals surface area contributed by atoms with Gasteiger partial charge in [-0.25, -0.2) is 9.59 Å². The predicted octanol–water partition coefficient (Wildman–Crippen LogP) is 5.52. The maximum Gasteiger partial charge on any atom is 0.408 e. The predicted molar refractivity (Wildman–Crippen MR) is 182 cm³/mol. The Balaban J connectivity index is 1.60. The van der Waals surface area contributed by atoms with E-state index in [1.54, 1.807) is 25.7 Å². The number of alkyl carbamates (subject to hydrolysis) is 1. The van der Waals surface area contributed by atoms with Crippen LogP contribution in [0, 0.1) is 0 Å². The van der Waals surface area contributed by atoms with E-state index >= 15 is 0 Å². The molecule has 12 heteroatoms. The van der Waals surface area contributed by atoms with Crippen LogP contribution in [-0.2, 0) is 25.2 Å². The number of amides is 3. The standard InChI is InChI=1S/C34H50N4O7Si/c1-33(2,3)45-32(43)36-28(30(40)35-26-14-12-25(13-15-26)31(41)42)22-24-10-16-27(17-11-24)38-20-19-37(23-29(38)39)18-9-21-44-46(7,8)34(4,5)6/h10-17,28H,9,18-23H2,1-8H3,(H,35,40)(H,36,43)(H,41,42). The first-order valence-electron chi connectivity index (χ1n) is 15.7. The summed E-state index contributed by atoms with van der Waals surface area (Å²) >= 11 is 0. The molecule has 0 bridgehead atoms. The molecule has 1 saturated heterocycles. The van der Waals surface area contributed by atoms with Gasteiger partial charge in [0.05, 0.1) is 12.1 Å². The maximum absolute atomic E-state index is 13.3. The highest BCUT2D eigenvalue weighted by Crippen LogP contribution is 2.36. The number of carbonyl (C=O) groups is 4. The molecule has 3 amide bonds. The summed E-state index contributed by atoms with van der Waals surface area (Å²) in [5, 5.41) is 14.7. The third-order valence-electron chi connectivity index (χ3n) is 8.28. The molecule has 0 saturated carbocycles. The van der Waals surface area contributed by atoms with Crippen molar-refractivity contribution < 1.29 is 33.4 Å². The van der Waals surface area contributed by atoms with Crippen molar-refractivity contribution >= 4 is 43.6 Å². The molecule has 1 aliphatic heterocycles. The summed E-state index contributed by atoms with van der Waals surface area (Å²) in [6.45, 7) is 19.6. The fourth-order valence-electron chi connectivity index (χ4n) is 4.65. The largest absolute Gasteiger partial charge is 0.478 e. The SMILES string of the molecule is CC(C)(C)OC(=O)NC(Cc1ccc(N2CCN(CCCO[Si](C)(C)C(C)(C)C)CC2=O)cc1)C(=O)Nc1ccc(C(=O)O)cc1. The summed E-state index contributed by atoms with van der Waals surface area (Å²) in [4.78, 5) is 54.0. The third-order valence-corrected chi connectivity index (χ3v) is 12.8. The van der Waals surface area contributed by atoms with Gasteiger partial charge in [-0.2, -0.15) is 0 Å². The minimum absolute atomic E-state index is 0.0297. The van der Waals surface area contributed by atoms with Gasteiger partial charge >= 0.3 is 12.1 Å². The number of benzene rings is 2. The van der Waals surface area contributed by atoms with Gasteiger partial charge in [-0.15, -0.1) is 0 Å². The molecule has 3 N–H and O–H groups in total. The zero-order valence-corrected chi connectivity index (χ0v) is 29.4. The maximum atomic E-state index is 13.3. The van der Waals surface area contributed by atoms with Crippen molar-refractivity contribution in [2.75, 3.05) is 43.0 Å². The number of carbonyl (C=O) groups excluding carboxylic acids is 3. The van der Waals surface area contributed by atoms with Gasteiger partial charge < -0.3 is 29.8 Å². The van der Waals surface area contributed by atoms with Crippen molar-refractivity contribution in [2.45, 2.75) is 84.2 Å². The van der Waals surface area contributed by atoms with Gasteiger partial charge in [0, 0.05) is 44.0 Å². The average Bonchev–Trinajstić information content (AvgIpc) is 2.94. The number of aromatic carboxylic acids is 1. The highest BCUT2D eigenvalue weighted by molar-refractivity contribution is 6.74.